The average molecular weight is 331 g/mol. The summed E-state index contributed by atoms with van der Waals surface area (Å²) >= 11 is 5.87. The third-order valence-electron chi connectivity index (χ3n) is 3.99. The number of halogens is 1. The van der Waals surface area contributed by atoms with Crippen LogP contribution in [-0.2, 0) is 0 Å². The van der Waals surface area contributed by atoms with E-state index in [1.54, 1.807) is 12.1 Å². The van der Waals surface area contributed by atoms with Crippen LogP contribution in [0.5, 0.6) is 17.2 Å². The molecule has 0 radical (unpaired) electrons. The summed E-state index contributed by atoms with van der Waals surface area (Å²) in [6.07, 6.45) is 0.675. The summed E-state index contributed by atoms with van der Waals surface area (Å²) in [5.41, 5.74) is 5.69. The molecule has 0 spiro atoms. The van der Waals surface area contributed by atoms with Crippen LogP contribution in [0.4, 0.5) is 0 Å². The van der Waals surface area contributed by atoms with Crippen LogP contribution in [0.25, 0.3) is 0 Å². The maximum absolute atomic E-state index is 10.0. The standard InChI is InChI=1S/C17H15ClN2O3/c18-11-2-3-12(15(21)8-11)14-9-13(19-20-14)10-1-4-16-17(7-10)23-6-5-22-16/h1-4,7-8,13,19,21H,5-6,9H2. The number of hydrazone groups is 1. The van der Waals surface area contributed by atoms with Crippen molar-refractivity contribution in [1.82, 2.24) is 5.43 Å². The highest BCUT2D eigenvalue weighted by Crippen LogP contribution is 2.35. The topological polar surface area (TPSA) is 63.1 Å². The number of aromatic hydroxyl groups is 1. The van der Waals surface area contributed by atoms with Crippen LogP contribution in [0.2, 0.25) is 5.02 Å². The number of rotatable bonds is 2. The predicted molar refractivity (Wildman–Crippen MR) is 87.6 cm³/mol. The number of hydrogen-bond acceptors (Lipinski definition) is 5. The van der Waals surface area contributed by atoms with E-state index in [4.69, 9.17) is 21.1 Å². The van der Waals surface area contributed by atoms with Gasteiger partial charge in [-0.05, 0) is 35.9 Å². The Bertz CT molecular complexity index is 791. The Morgan fingerprint density at radius 2 is 1.91 bits per heavy atom. The third-order valence-corrected chi connectivity index (χ3v) is 4.23. The van der Waals surface area contributed by atoms with E-state index in [-0.39, 0.29) is 11.8 Å². The molecule has 2 aliphatic heterocycles. The van der Waals surface area contributed by atoms with Crippen LogP contribution < -0.4 is 14.9 Å². The molecule has 0 saturated heterocycles. The van der Waals surface area contributed by atoms with Gasteiger partial charge in [0.1, 0.15) is 19.0 Å². The maximum Gasteiger partial charge on any atom is 0.161 e. The fourth-order valence-corrected chi connectivity index (χ4v) is 2.99. The Morgan fingerprint density at radius 3 is 2.74 bits per heavy atom. The second kappa shape index (κ2) is 5.66. The fraction of sp³-hybridized carbons (Fsp3) is 0.235. The quantitative estimate of drug-likeness (QED) is 0.887. The van der Waals surface area contributed by atoms with Gasteiger partial charge in [0.25, 0.3) is 0 Å². The minimum absolute atomic E-state index is 0.0379. The van der Waals surface area contributed by atoms with Gasteiger partial charge in [0.15, 0.2) is 11.5 Å². The van der Waals surface area contributed by atoms with E-state index in [0.29, 0.717) is 30.2 Å². The van der Waals surface area contributed by atoms with E-state index in [0.717, 1.165) is 22.8 Å². The molecular weight excluding hydrogens is 316 g/mol. The molecule has 2 heterocycles. The minimum Gasteiger partial charge on any atom is -0.507 e. The van der Waals surface area contributed by atoms with Crippen LogP contribution in [-0.4, -0.2) is 24.0 Å². The second-order valence-corrected chi connectivity index (χ2v) is 5.95. The molecular formula is C17H15ClN2O3. The van der Waals surface area contributed by atoms with Crippen LogP contribution in [0.15, 0.2) is 41.5 Å². The smallest absolute Gasteiger partial charge is 0.161 e. The Balaban J connectivity index is 1.55. The Morgan fingerprint density at radius 1 is 1.09 bits per heavy atom. The summed E-state index contributed by atoms with van der Waals surface area (Å²) in [4.78, 5) is 0. The first-order chi connectivity index (χ1) is 11.2. The highest BCUT2D eigenvalue weighted by atomic mass is 35.5. The summed E-state index contributed by atoms with van der Waals surface area (Å²) in [5, 5.41) is 14.9. The number of hydrogen-bond donors (Lipinski definition) is 2. The molecule has 5 nitrogen and oxygen atoms in total. The molecule has 1 atom stereocenters. The third kappa shape index (κ3) is 2.68. The van der Waals surface area contributed by atoms with Crippen molar-refractivity contribution in [3.05, 3.63) is 52.5 Å². The first-order valence-electron chi connectivity index (χ1n) is 7.41. The highest BCUT2D eigenvalue weighted by Gasteiger charge is 2.24. The zero-order chi connectivity index (χ0) is 15.8. The van der Waals surface area contributed by atoms with Gasteiger partial charge in [-0.3, -0.25) is 0 Å². The van der Waals surface area contributed by atoms with E-state index in [1.165, 1.54) is 6.07 Å². The van der Waals surface area contributed by atoms with Gasteiger partial charge in [0.2, 0.25) is 0 Å². The summed E-state index contributed by atoms with van der Waals surface area (Å²) in [6, 6.07) is 11.0. The molecule has 2 N–H and O–H groups in total. The fourth-order valence-electron chi connectivity index (χ4n) is 2.83. The lowest BCUT2D eigenvalue weighted by atomic mass is 9.98. The molecule has 0 aliphatic carbocycles. The highest BCUT2D eigenvalue weighted by molar-refractivity contribution is 6.30. The van der Waals surface area contributed by atoms with Gasteiger partial charge in [-0.1, -0.05) is 17.7 Å². The van der Waals surface area contributed by atoms with Crippen molar-refractivity contribution in [3.63, 3.8) is 0 Å². The molecule has 4 rings (SSSR count). The molecule has 23 heavy (non-hydrogen) atoms. The molecule has 2 aliphatic rings. The molecule has 0 amide bonds. The molecule has 1 unspecified atom stereocenters. The number of phenols is 1. The van der Waals surface area contributed by atoms with E-state index in [1.807, 2.05) is 18.2 Å². The number of phenolic OH excluding ortho intramolecular Hbond substituents is 1. The molecule has 6 heteroatoms. The summed E-state index contributed by atoms with van der Waals surface area (Å²) < 4.78 is 11.2. The van der Waals surface area contributed by atoms with Crippen LogP contribution in [0, 0.1) is 0 Å². The molecule has 118 valence electrons. The van der Waals surface area contributed by atoms with Gasteiger partial charge >= 0.3 is 0 Å². The Labute approximate surface area is 138 Å². The maximum atomic E-state index is 10.0. The number of benzene rings is 2. The van der Waals surface area contributed by atoms with E-state index >= 15 is 0 Å². The first kappa shape index (κ1) is 14.2. The monoisotopic (exact) mass is 330 g/mol. The van der Waals surface area contributed by atoms with E-state index in [9.17, 15) is 5.11 Å². The van der Waals surface area contributed by atoms with Crippen molar-refractivity contribution in [1.29, 1.82) is 0 Å². The van der Waals surface area contributed by atoms with E-state index in [2.05, 4.69) is 10.5 Å². The predicted octanol–water partition coefficient (Wildman–Crippen LogP) is 3.26. The molecule has 0 aromatic heterocycles. The van der Waals surface area contributed by atoms with Crippen LogP contribution in [0.1, 0.15) is 23.6 Å². The van der Waals surface area contributed by atoms with Crippen molar-refractivity contribution in [2.45, 2.75) is 12.5 Å². The van der Waals surface area contributed by atoms with Crippen molar-refractivity contribution in [3.8, 4) is 17.2 Å². The summed E-state index contributed by atoms with van der Waals surface area (Å²) in [7, 11) is 0. The van der Waals surface area contributed by atoms with Gasteiger partial charge in [-0.15, -0.1) is 0 Å². The van der Waals surface area contributed by atoms with Gasteiger partial charge in [0.05, 0.1) is 11.8 Å². The Kier molecular flexibility index (Phi) is 3.50. The lowest BCUT2D eigenvalue weighted by Crippen LogP contribution is -2.16. The Hall–Kier alpha value is -2.40. The van der Waals surface area contributed by atoms with Gasteiger partial charge in [0, 0.05) is 17.0 Å². The van der Waals surface area contributed by atoms with Gasteiger partial charge in [-0.2, -0.15) is 5.10 Å². The van der Waals surface area contributed by atoms with Gasteiger partial charge < -0.3 is 20.0 Å². The van der Waals surface area contributed by atoms with Crippen molar-refractivity contribution < 1.29 is 14.6 Å². The molecule has 0 saturated carbocycles. The summed E-state index contributed by atoms with van der Waals surface area (Å²) in [6.45, 7) is 1.14. The lowest BCUT2D eigenvalue weighted by molar-refractivity contribution is 0.171. The lowest BCUT2D eigenvalue weighted by Gasteiger charge is -2.20. The van der Waals surface area contributed by atoms with E-state index < -0.39 is 0 Å². The molecule has 2 aromatic carbocycles. The largest absolute Gasteiger partial charge is 0.507 e. The van der Waals surface area contributed by atoms with Crippen molar-refractivity contribution in [2.24, 2.45) is 5.10 Å². The number of fused-ring (bicyclic) bond motifs is 1. The average Bonchev–Trinajstić information content (AvgIpc) is 3.04. The summed E-state index contributed by atoms with van der Waals surface area (Å²) in [5.74, 6) is 1.67. The van der Waals surface area contributed by atoms with Crippen LogP contribution in [0.3, 0.4) is 0 Å². The number of ether oxygens (including phenoxy) is 2. The van der Waals surface area contributed by atoms with Crippen molar-refractivity contribution >= 4 is 17.3 Å². The molecule has 0 bridgehead atoms. The normalized spacial score (nSPS) is 19.2. The minimum atomic E-state index is 0.0379. The zero-order valence-electron chi connectivity index (χ0n) is 12.3. The second-order valence-electron chi connectivity index (χ2n) is 5.51. The number of nitrogens with zero attached hydrogens (tertiary/aromatic N) is 1. The molecule has 0 fully saturated rings. The SMILES string of the molecule is Oc1cc(Cl)ccc1C1=NNC(c2ccc3c(c2)OCCO3)C1. The van der Waals surface area contributed by atoms with Crippen molar-refractivity contribution in [2.75, 3.05) is 13.2 Å². The molecule has 2 aromatic rings. The first-order valence-corrected chi connectivity index (χ1v) is 7.79. The number of nitrogens with one attached hydrogen (secondary N) is 1. The van der Waals surface area contributed by atoms with Gasteiger partial charge in [-0.25, -0.2) is 0 Å². The zero-order valence-corrected chi connectivity index (χ0v) is 13.0. The van der Waals surface area contributed by atoms with Crippen LogP contribution >= 0.6 is 11.6 Å².